The van der Waals surface area contributed by atoms with Crippen LogP contribution < -0.4 is 0 Å². The Morgan fingerprint density at radius 3 is 2.38 bits per heavy atom. The fourth-order valence-corrected chi connectivity index (χ4v) is 3.91. The summed E-state index contributed by atoms with van der Waals surface area (Å²) in [6, 6.07) is 7.73. The van der Waals surface area contributed by atoms with Crippen molar-refractivity contribution in [2.45, 2.75) is 65.8 Å². The first-order valence-electron chi connectivity index (χ1n) is 10.5. The molecule has 1 saturated carbocycles. The van der Waals surface area contributed by atoms with Crippen LogP contribution in [0.1, 0.15) is 66.8 Å². The predicted octanol–water partition coefficient (Wildman–Crippen LogP) is 4.16. The van der Waals surface area contributed by atoms with Gasteiger partial charge in [0.05, 0.1) is 11.4 Å². The number of hydrogen-bond donors (Lipinski definition) is 1. The Hall–Kier alpha value is -2.63. The Labute approximate surface area is 172 Å². The third kappa shape index (κ3) is 4.69. The van der Waals surface area contributed by atoms with E-state index in [2.05, 4.69) is 18.9 Å². The minimum absolute atomic E-state index is 0.0777. The lowest BCUT2D eigenvalue weighted by molar-refractivity contribution is -0.136. The number of aryl methyl sites for hydroxylation is 1. The second kappa shape index (κ2) is 8.80. The van der Waals surface area contributed by atoms with Gasteiger partial charge >= 0.3 is 5.97 Å². The second-order valence-corrected chi connectivity index (χ2v) is 8.35. The molecular formula is C23H31N3O3. The van der Waals surface area contributed by atoms with Crippen LogP contribution in [0.4, 0.5) is 0 Å². The summed E-state index contributed by atoms with van der Waals surface area (Å²) in [4.78, 5) is 25.9. The van der Waals surface area contributed by atoms with Crippen molar-refractivity contribution in [3.63, 3.8) is 0 Å². The highest BCUT2D eigenvalue weighted by Gasteiger charge is 2.26. The molecule has 156 valence electrons. The van der Waals surface area contributed by atoms with Gasteiger partial charge in [0, 0.05) is 30.3 Å². The zero-order chi connectivity index (χ0) is 21.1. The molecule has 6 nitrogen and oxygen atoms in total. The molecule has 1 N–H and O–H groups in total. The van der Waals surface area contributed by atoms with Gasteiger partial charge in [-0.2, -0.15) is 5.10 Å². The molecule has 0 bridgehead atoms. The zero-order valence-corrected chi connectivity index (χ0v) is 17.8. The number of benzene rings is 1. The van der Waals surface area contributed by atoms with Crippen LogP contribution in [-0.4, -0.2) is 44.3 Å². The summed E-state index contributed by atoms with van der Waals surface area (Å²) < 4.78 is 1.83. The van der Waals surface area contributed by atoms with Gasteiger partial charge in [-0.25, -0.2) is 4.68 Å². The molecule has 1 aliphatic carbocycles. The van der Waals surface area contributed by atoms with Gasteiger partial charge < -0.3 is 10.0 Å². The molecule has 0 unspecified atom stereocenters. The molecule has 3 rings (SSSR count). The minimum Gasteiger partial charge on any atom is -0.481 e. The Bertz CT molecular complexity index is 880. The highest BCUT2D eigenvalue weighted by Crippen LogP contribution is 2.28. The van der Waals surface area contributed by atoms with Crippen LogP contribution in [0.2, 0.25) is 0 Å². The summed E-state index contributed by atoms with van der Waals surface area (Å²) in [6.07, 6.45) is 4.27. The number of rotatable bonds is 8. The first-order chi connectivity index (χ1) is 13.8. The van der Waals surface area contributed by atoms with E-state index in [1.54, 1.807) is 0 Å². The number of aromatic nitrogens is 2. The Balaban J connectivity index is 1.78. The summed E-state index contributed by atoms with van der Waals surface area (Å²) in [7, 11) is 0. The van der Waals surface area contributed by atoms with Crippen molar-refractivity contribution in [3.05, 3.63) is 46.8 Å². The molecule has 1 fully saturated rings. The second-order valence-electron chi connectivity index (χ2n) is 8.35. The number of carboxylic acid groups (broad SMARTS) is 1. The maximum atomic E-state index is 13.0. The van der Waals surface area contributed by atoms with E-state index in [9.17, 15) is 9.59 Å². The van der Waals surface area contributed by atoms with Crippen molar-refractivity contribution in [2.75, 3.05) is 6.54 Å². The SMILES string of the molecule is Cc1nn(-c2ccc(C(=O)N(CC3CCC3)C(C)C)cc2)c(C)c1CCC(=O)O. The van der Waals surface area contributed by atoms with Crippen LogP contribution in [0, 0.1) is 19.8 Å². The predicted molar refractivity (Wildman–Crippen MR) is 113 cm³/mol. The Morgan fingerprint density at radius 1 is 1.21 bits per heavy atom. The van der Waals surface area contributed by atoms with E-state index in [1.807, 2.05) is 47.7 Å². The number of carboxylic acids is 1. The largest absolute Gasteiger partial charge is 0.481 e. The summed E-state index contributed by atoms with van der Waals surface area (Å²) in [5.41, 5.74) is 4.32. The molecule has 29 heavy (non-hydrogen) atoms. The van der Waals surface area contributed by atoms with E-state index in [4.69, 9.17) is 5.11 Å². The van der Waals surface area contributed by atoms with Gasteiger partial charge in [0.2, 0.25) is 0 Å². The lowest BCUT2D eigenvalue weighted by Crippen LogP contribution is -2.41. The molecule has 0 atom stereocenters. The molecule has 1 aromatic carbocycles. The molecule has 1 aliphatic rings. The maximum Gasteiger partial charge on any atom is 0.303 e. The average Bonchev–Trinajstić information content (AvgIpc) is 2.92. The molecule has 1 heterocycles. The molecule has 2 aromatic rings. The van der Waals surface area contributed by atoms with Crippen molar-refractivity contribution in [1.82, 2.24) is 14.7 Å². The lowest BCUT2D eigenvalue weighted by atomic mass is 9.85. The number of nitrogens with zero attached hydrogens (tertiary/aromatic N) is 3. The van der Waals surface area contributed by atoms with E-state index in [0.717, 1.165) is 29.2 Å². The van der Waals surface area contributed by atoms with Gasteiger partial charge in [0.15, 0.2) is 0 Å². The van der Waals surface area contributed by atoms with Crippen molar-refractivity contribution in [2.24, 2.45) is 5.92 Å². The van der Waals surface area contributed by atoms with Gasteiger partial charge in [0.1, 0.15) is 0 Å². The van der Waals surface area contributed by atoms with Gasteiger partial charge in [-0.15, -0.1) is 0 Å². The topological polar surface area (TPSA) is 75.4 Å². The van der Waals surface area contributed by atoms with Crippen molar-refractivity contribution >= 4 is 11.9 Å². The summed E-state index contributed by atoms with van der Waals surface area (Å²) in [6.45, 7) is 8.83. The van der Waals surface area contributed by atoms with Crippen molar-refractivity contribution < 1.29 is 14.7 Å². The number of carbonyl (C=O) groups excluding carboxylic acids is 1. The van der Waals surface area contributed by atoms with Crippen LogP contribution in [0.25, 0.3) is 5.69 Å². The maximum absolute atomic E-state index is 13.0. The highest BCUT2D eigenvalue weighted by atomic mass is 16.4. The molecule has 0 aliphatic heterocycles. The average molecular weight is 398 g/mol. The number of carbonyl (C=O) groups is 2. The fraction of sp³-hybridized carbons (Fsp3) is 0.522. The van der Waals surface area contributed by atoms with E-state index < -0.39 is 5.97 Å². The van der Waals surface area contributed by atoms with Gasteiger partial charge in [0.25, 0.3) is 5.91 Å². The summed E-state index contributed by atoms with van der Waals surface area (Å²) in [5, 5.41) is 13.5. The number of aliphatic carboxylic acids is 1. The summed E-state index contributed by atoms with van der Waals surface area (Å²) in [5.74, 6) is -0.0930. The third-order valence-corrected chi connectivity index (χ3v) is 5.95. The number of amides is 1. The smallest absolute Gasteiger partial charge is 0.303 e. The normalized spacial score (nSPS) is 14.1. The minimum atomic E-state index is -0.809. The van der Waals surface area contributed by atoms with Crippen LogP contribution in [0.5, 0.6) is 0 Å². The first kappa shape index (κ1) is 21.1. The lowest BCUT2D eigenvalue weighted by Gasteiger charge is -2.35. The molecule has 0 spiro atoms. The van der Waals surface area contributed by atoms with Crippen LogP contribution >= 0.6 is 0 Å². The van der Waals surface area contributed by atoms with Crippen LogP contribution in [0.15, 0.2) is 24.3 Å². The van der Waals surface area contributed by atoms with Crippen LogP contribution in [0.3, 0.4) is 0 Å². The van der Waals surface area contributed by atoms with E-state index in [0.29, 0.717) is 17.9 Å². The molecule has 1 aromatic heterocycles. The van der Waals surface area contributed by atoms with Gasteiger partial charge in [-0.3, -0.25) is 9.59 Å². The molecule has 0 radical (unpaired) electrons. The van der Waals surface area contributed by atoms with Gasteiger partial charge in [-0.05, 0) is 82.7 Å². The fourth-order valence-electron chi connectivity index (χ4n) is 3.91. The third-order valence-electron chi connectivity index (χ3n) is 5.95. The highest BCUT2D eigenvalue weighted by molar-refractivity contribution is 5.94. The molecule has 0 saturated heterocycles. The molecule has 6 heteroatoms. The first-order valence-corrected chi connectivity index (χ1v) is 10.5. The molecular weight excluding hydrogens is 366 g/mol. The zero-order valence-electron chi connectivity index (χ0n) is 17.8. The van der Waals surface area contributed by atoms with Crippen LogP contribution in [-0.2, 0) is 11.2 Å². The Kier molecular flexibility index (Phi) is 6.40. The molecule has 1 amide bonds. The Morgan fingerprint density at radius 2 is 1.86 bits per heavy atom. The monoisotopic (exact) mass is 397 g/mol. The summed E-state index contributed by atoms with van der Waals surface area (Å²) >= 11 is 0. The van der Waals surface area contributed by atoms with Crippen molar-refractivity contribution in [1.29, 1.82) is 0 Å². The number of hydrogen-bond acceptors (Lipinski definition) is 3. The van der Waals surface area contributed by atoms with E-state index >= 15 is 0 Å². The quantitative estimate of drug-likeness (QED) is 0.726. The van der Waals surface area contributed by atoms with Gasteiger partial charge in [-0.1, -0.05) is 6.42 Å². The van der Waals surface area contributed by atoms with Crippen molar-refractivity contribution in [3.8, 4) is 5.69 Å². The van der Waals surface area contributed by atoms with E-state index in [-0.39, 0.29) is 18.4 Å². The standard InChI is InChI=1S/C23H31N3O3/c1-15(2)25(14-18-6-5-7-18)23(29)19-8-10-20(11-9-19)26-17(4)21(16(3)24-26)12-13-22(27)28/h8-11,15,18H,5-7,12-14H2,1-4H3,(H,27,28). The van der Waals surface area contributed by atoms with E-state index in [1.165, 1.54) is 19.3 Å².